The van der Waals surface area contributed by atoms with Crippen LogP contribution >= 0.6 is 0 Å². The van der Waals surface area contributed by atoms with E-state index >= 15 is 0 Å². The first kappa shape index (κ1) is 30.3. The molecule has 0 spiro atoms. The van der Waals surface area contributed by atoms with Crippen LogP contribution in [0.25, 0.3) is 0 Å². The van der Waals surface area contributed by atoms with Gasteiger partial charge in [0.25, 0.3) is 0 Å². The maximum absolute atomic E-state index is 13.2. The lowest BCUT2D eigenvalue weighted by molar-refractivity contribution is -0.150. The summed E-state index contributed by atoms with van der Waals surface area (Å²) in [5.74, 6) is -2.44. The fourth-order valence-electron chi connectivity index (χ4n) is 3.97. The smallest absolute Gasteiger partial charge is 0.246 e. The van der Waals surface area contributed by atoms with Gasteiger partial charge in [-0.15, -0.1) is 0 Å². The summed E-state index contributed by atoms with van der Waals surface area (Å²) in [6, 6.07) is -2.90. The van der Waals surface area contributed by atoms with Crippen LogP contribution in [0.4, 0.5) is 0 Å². The van der Waals surface area contributed by atoms with E-state index < -0.39 is 45.5 Å². The van der Waals surface area contributed by atoms with Crippen molar-refractivity contribution < 1.29 is 27.6 Å². The largest absolute Gasteiger partial charge is 0.370 e. The summed E-state index contributed by atoms with van der Waals surface area (Å²) in [5, 5.41) is 5.22. The summed E-state index contributed by atoms with van der Waals surface area (Å²) in [7, 11) is -3.60. The van der Waals surface area contributed by atoms with Crippen molar-refractivity contribution in [3.63, 3.8) is 0 Å². The Kier molecular flexibility index (Phi) is 12.7. The molecule has 1 aliphatic rings. The molecule has 0 aliphatic carbocycles. The molecule has 0 bridgehead atoms. The van der Waals surface area contributed by atoms with Crippen molar-refractivity contribution in [2.75, 3.05) is 25.1 Å². The van der Waals surface area contributed by atoms with Gasteiger partial charge < -0.3 is 31.8 Å². The Morgan fingerprint density at radius 1 is 1.11 bits per heavy atom. The highest BCUT2D eigenvalue weighted by Crippen LogP contribution is 2.21. The van der Waals surface area contributed by atoms with E-state index in [9.17, 15) is 27.6 Å². The number of carbonyl (C=O) groups excluding carboxylic acids is 4. The van der Waals surface area contributed by atoms with Crippen LogP contribution in [-0.4, -0.2) is 86.5 Å². The summed E-state index contributed by atoms with van der Waals surface area (Å²) < 4.78 is 24.0. The lowest BCUT2D eigenvalue weighted by atomic mass is 9.96. The summed E-state index contributed by atoms with van der Waals surface area (Å²) in [4.78, 5) is 55.2. The Hall–Kier alpha value is -2.70. The number of guanidine groups is 1. The van der Waals surface area contributed by atoms with E-state index in [-0.39, 0.29) is 24.3 Å². The zero-order valence-corrected chi connectivity index (χ0v) is 21.7. The Bertz CT molecular complexity index is 868. The monoisotopic (exact) mass is 516 g/mol. The van der Waals surface area contributed by atoms with Crippen LogP contribution in [0.5, 0.6) is 0 Å². The number of nitrogens with zero attached hydrogens (tertiary/aromatic N) is 2. The maximum Gasteiger partial charge on any atom is 0.246 e. The van der Waals surface area contributed by atoms with Crippen molar-refractivity contribution in [1.29, 1.82) is 0 Å². The van der Waals surface area contributed by atoms with Crippen LogP contribution in [0.2, 0.25) is 0 Å². The number of sulfone groups is 1. The third kappa shape index (κ3) is 10.6. The first-order valence-electron chi connectivity index (χ1n) is 12.0. The van der Waals surface area contributed by atoms with Crippen molar-refractivity contribution in [3.05, 3.63) is 0 Å². The molecule has 6 N–H and O–H groups in total. The highest BCUT2D eigenvalue weighted by Gasteiger charge is 2.42. The van der Waals surface area contributed by atoms with Crippen molar-refractivity contribution in [1.82, 2.24) is 15.5 Å². The van der Waals surface area contributed by atoms with E-state index in [4.69, 9.17) is 11.5 Å². The highest BCUT2D eigenvalue weighted by atomic mass is 32.2. The molecule has 0 aromatic heterocycles. The minimum absolute atomic E-state index is 0.0632. The van der Waals surface area contributed by atoms with Gasteiger partial charge in [0, 0.05) is 25.3 Å². The molecule has 0 aromatic rings. The summed E-state index contributed by atoms with van der Waals surface area (Å²) in [6.45, 7) is 4.45. The predicted molar refractivity (Wildman–Crippen MR) is 133 cm³/mol. The van der Waals surface area contributed by atoms with Gasteiger partial charge in [0.1, 0.15) is 28.2 Å². The van der Waals surface area contributed by atoms with Gasteiger partial charge in [0.15, 0.2) is 5.96 Å². The van der Waals surface area contributed by atoms with Crippen molar-refractivity contribution >= 4 is 39.8 Å². The molecule has 1 heterocycles. The molecule has 2 unspecified atom stereocenters. The molecule has 12 nitrogen and oxygen atoms in total. The normalized spacial score (nSPS) is 17.1. The van der Waals surface area contributed by atoms with Crippen LogP contribution in [-0.2, 0) is 29.0 Å². The lowest BCUT2D eigenvalue weighted by Crippen LogP contribution is -2.64. The Balaban J connectivity index is 2.86. The fourth-order valence-corrected chi connectivity index (χ4v) is 4.80. The zero-order chi connectivity index (χ0) is 26.6. The molecule has 0 saturated carbocycles. The molecule has 1 saturated heterocycles. The highest BCUT2D eigenvalue weighted by molar-refractivity contribution is 7.90. The van der Waals surface area contributed by atoms with Gasteiger partial charge in [0.2, 0.25) is 17.7 Å². The molecule has 0 aromatic carbocycles. The zero-order valence-electron chi connectivity index (χ0n) is 20.9. The number of hydrogen-bond acceptors (Lipinski definition) is 7. The third-order valence-electron chi connectivity index (χ3n) is 5.79. The average molecular weight is 517 g/mol. The van der Waals surface area contributed by atoms with E-state index in [0.717, 1.165) is 19.1 Å². The minimum Gasteiger partial charge on any atom is -0.370 e. The second-order valence-corrected chi connectivity index (χ2v) is 11.1. The molecule has 35 heavy (non-hydrogen) atoms. The van der Waals surface area contributed by atoms with Crippen LogP contribution in [0.15, 0.2) is 4.99 Å². The molecular weight excluding hydrogens is 476 g/mol. The van der Waals surface area contributed by atoms with Gasteiger partial charge in [-0.1, -0.05) is 26.7 Å². The van der Waals surface area contributed by atoms with Crippen LogP contribution in [0.1, 0.15) is 58.8 Å². The van der Waals surface area contributed by atoms with E-state index in [2.05, 4.69) is 15.6 Å². The number of likely N-dealkylation sites (tertiary alicyclic amines) is 1. The van der Waals surface area contributed by atoms with Crippen LogP contribution in [0, 0.1) is 5.92 Å². The first-order valence-corrected chi connectivity index (χ1v) is 14.1. The van der Waals surface area contributed by atoms with Crippen molar-refractivity contribution in [2.24, 2.45) is 22.4 Å². The molecule has 3 amide bonds. The lowest BCUT2D eigenvalue weighted by Gasteiger charge is -2.42. The van der Waals surface area contributed by atoms with Gasteiger partial charge in [0.05, 0.1) is 11.8 Å². The van der Waals surface area contributed by atoms with E-state index in [1.54, 1.807) is 0 Å². The summed E-state index contributed by atoms with van der Waals surface area (Å²) >= 11 is 0. The second-order valence-electron chi connectivity index (χ2n) is 8.96. The van der Waals surface area contributed by atoms with E-state index in [1.165, 1.54) is 4.90 Å². The number of rotatable bonds is 16. The maximum atomic E-state index is 13.2. The summed E-state index contributed by atoms with van der Waals surface area (Å²) in [6.07, 6.45) is 5.56. The Morgan fingerprint density at radius 2 is 1.74 bits per heavy atom. The molecule has 0 radical (unpaired) electrons. The number of aliphatic imine (C=N–C) groups is 1. The van der Waals surface area contributed by atoms with Gasteiger partial charge in [-0.2, -0.15) is 0 Å². The van der Waals surface area contributed by atoms with Crippen LogP contribution < -0.4 is 22.1 Å². The Labute approximate surface area is 207 Å². The Morgan fingerprint density at radius 3 is 2.20 bits per heavy atom. The molecular formula is C22H40N6O6S. The third-order valence-corrected chi connectivity index (χ3v) is 6.73. The number of hydrogen-bond donors (Lipinski definition) is 4. The van der Waals surface area contributed by atoms with Gasteiger partial charge in [-0.25, -0.2) is 8.42 Å². The van der Waals surface area contributed by atoms with Crippen molar-refractivity contribution in [3.8, 4) is 0 Å². The molecule has 13 heteroatoms. The fraction of sp³-hybridized carbons (Fsp3) is 0.773. The summed E-state index contributed by atoms with van der Waals surface area (Å²) in [5.41, 5.74) is 10.5. The molecule has 1 fully saturated rings. The quantitative estimate of drug-likeness (QED) is 0.0874. The average Bonchev–Trinajstić information content (AvgIpc) is 2.73. The first-order chi connectivity index (χ1) is 16.4. The number of nitrogens with one attached hydrogen (secondary N) is 2. The van der Waals surface area contributed by atoms with Crippen molar-refractivity contribution in [2.45, 2.75) is 76.9 Å². The number of amides is 3. The molecule has 200 valence electrons. The van der Waals surface area contributed by atoms with Gasteiger partial charge in [-0.05, 0) is 32.1 Å². The standard InChI is InChI=1S/C22H40N6O6S/c1-4-7-15(8-5-2)19(30)27-17(14-35(3,33)34)21(32)28-12-10-18(28)20(31)26-16(13-29)9-6-11-25-22(23)24/h13,15-18H,4-12,14H2,1-3H3,(H,26,31)(H,27,30)(H4,23,24,25)/t16-,17?,18?/m0/s1. The van der Waals surface area contributed by atoms with E-state index in [0.29, 0.717) is 44.9 Å². The van der Waals surface area contributed by atoms with E-state index in [1.807, 2.05) is 13.8 Å². The number of nitrogens with two attached hydrogens (primary N) is 2. The second kappa shape index (κ2) is 14.6. The minimum atomic E-state index is -3.60. The predicted octanol–water partition coefficient (Wildman–Crippen LogP) is -0.930. The molecule has 1 rings (SSSR count). The molecule has 1 aliphatic heterocycles. The molecule has 3 atom stereocenters. The number of aldehydes is 1. The number of carbonyl (C=O) groups is 4. The topological polar surface area (TPSA) is 194 Å². The van der Waals surface area contributed by atoms with Crippen LogP contribution in [0.3, 0.4) is 0 Å². The van der Waals surface area contributed by atoms with Gasteiger partial charge >= 0.3 is 0 Å². The van der Waals surface area contributed by atoms with Gasteiger partial charge in [-0.3, -0.25) is 19.4 Å². The SMILES string of the molecule is CCCC(CCC)C(=O)NC(CS(C)(=O)=O)C(=O)N1CCC1C(=O)N[C@H](C=O)CCCN=C(N)N.